The first kappa shape index (κ1) is 15.1. The van der Waals surface area contributed by atoms with E-state index in [0.29, 0.717) is 15.8 Å². The molecule has 0 atom stereocenters. The predicted octanol–water partition coefficient (Wildman–Crippen LogP) is 4.95. The van der Waals surface area contributed by atoms with Gasteiger partial charge in [0.2, 0.25) is 0 Å². The molecule has 1 heterocycles. The van der Waals surface area contributed by atoms with Crippen LogP contribution in [0.3, 0.4) is 0 Å². The van der Waals surface area contributed by atoms with Gasteiger partial charge in [-0.15, -0.1) is 0 Å². The number of anilines is 3. The van der Waals surface area contributed by atoms with Crippen molar-refractivity contribution >= 4 is 48.9 Å². The minimum Gasteiger partial charge on any atom is -0.396 e. The maximum atomic E-state index is 12.8. The monoisotopic (exact) mass is 409 g/mol. The third-order valence-electron chi connectivity index (χ3n) is 2.47. The molecule has 3 N–H and O–H groups in total. The van der Waals surface area contributed by atoms with Crippen molar-refractivity contribution in [1.82, 2.24) is 4.98 Å². The first-order chi connectivity index (χ1) is 9.29. The molecule has 2 rings (SSSR count). The highest BCUT2D eigenvalue weighted by molar-refractivity contribution is 9.10. The average molecular weight is 411 g/mol. The maximum Gasteiger partial charge on any atom is 0.417 e. The molecule has 0 bridgehead atoms. The van der Waals surface area contributed by atoms with E-state index in [0.717, 1.165) is 6.07 Å². The number of nitrogens with zero attached hydrogens (tertiary/aromatic N) is 1. The van der Waals surface area contributed by atoms with Crippen LogP contribution in [0.5, 0.6) is 0 Å². The largest absolute Gasteiger partial charge is 0.417 e. The van der Waals surface area contributed by atoms with Gasteiger partial charge in [-0.1, -0.05) is 15.9 Å². The molecule has 0 aliphatic rings. The van der Waals surface area contributed by atoms with Crippen LogP contribution in [0.15, 0.2) is 39.5 Å². The number of nitrogens with two attached hydrogens (primary N) is 1. The molecule has 0 spiro atoms. The van der Waals surface area contributed by atoms with Gasteiger partial charge in [-0.05, 0) is 34.1 Å². The van der Waals surface area contributed by atoms with Gasteiger partial charge >= 0.3 is 6.18 Å². The second-order valence-electron chi connectivity index (χ2n) is 3.90. The summed E-state index contributed by atoms with van der Waals surface area (Å²) in [5.41, 5.74) is 6.05. The predicted molar refractivity (Wildman–Crippen MR) is 78.8 cm³/mol. The summed E-state index contributed by atoms with van der Waals surface area (Å²) in [6.07, 6.45) is -1.52. The molecule has 0 radical (unpaired) electrons. The van der Waals surface area contributed by atoms with Gasteiger partial charge in [-0.3, -0.25) is 4.98 Å². The van der Waals surface area contributed by atoms with E-state index in [1.165, 1.54) is 24.5 Å². The molecule has 0 saturated heterocycles. The quantitative estimate of drug-likeness (QED) is 0.736. The van der Waals surface area contributed by atoms with Crippen molar-refractivity contribution in [3.63, 3.8) is 0 Å². The third kappa shape index (κ3) is 3.24. The molecular weight excluding hydrogens is 403 g/mol. The molecule has 3 nitrogen and oxygen atoms in total. The summed E-state index contributed by atoms with van der Waals surface area (Å²) in [7, 11) is 0. The van der Waals surface area contributed by atoms with E-state index in [9.17, 15) is 13.2 Å². The topological polar surface area (TPSA) is 50.9 Å². The van der Waals surface area contributed by atoms with Crippen LogP contribution in [-0.2, 0) is 6.18 Å². The lowest BCUT2D eigenvalue weighted by Gasteiger charge is -2.14. The molecule has 0 aliphatic carbocycles. The number of aromatic nitrogens is 1. The van der Waals surface area contributed by atoms with Crippen molar-refractivity contribution in [2.75, 3.05) is 11.1 Å². The summed E-state index contributed by atoms with van der Waals surface area (Å²) in [6.45, 7) is 0. The van der Waals surface area contributed by atoms with Gasteiger partial charge in [0.1, 0.15) is 0 Å². The van der Waals surface area contributed by atoms with Crippen LogP contribution < -0.4 is 11.1 Å². The summed E-state index contributed by atoms with van der Waals surface area (Å²) in [4.78, 5) is 3.86. The van der Waals surface area contributed by atoms with E-state index in [1.807, 2.05) is 0 Å². The Morgan fingerprint density at radius 3 is 2.40 bits per heavy atom. The van der Waals surface area contributed by atoms with Crippen LogP contribution in [0.25, 0.3) is 0 Å². The molecule has 8 heteroatoms. The van der Waals surface area contributed by atoms with Gasteiger partial charge in [0, 0.05) is 16.4 Å². The summed E-state index contributed by atoms with van der Waals surface area (Å²) >= 11 is 6.13. The van der Waals surface area contributed by atoms with Crippen LogP contribution in [0, 0.1) is 0 Å². The van der Waals surface area contributed by atoms with Crippen LogP contribution in [0.4, 0.5) is 30.2 Å². The smallest absolute Gasteiger partial charge is 0.396 e. The van der Waals surface area contributed by atoms with Crippen molar-refractivity contribution < 1.29 is 13.2 Å². The van der Waals surface area contributed by atoms with Crippen molar-refractivity contribution in [2.24, 2.45) is 0 Å². The molecule has 1 aromatic carbocycles. The fourth-order valence-electron chi connectivity index (χ4n) is 1.55. The van der Waals surface area contributed by atoms with E-state index in [2.05, 4.69) is 42.2 Å². The second-order valence-corrected chi connectivity index (χ2v) is 5.61. The fraction of sp³-hybridized carbons (Fsp3) is 0.0833. The number of nitrogen functional groups attached to an aromatic ring is 1. The normalized spacial score (nSPS) is 11.4. The zero-order valence-electron chi connectivity index (χ0n) is 9.80. The minimum atomic E-state index is -4.43. The molecule has 0 amide bonds. The van der Waals surface area contributed by atoms with Gasteiger partial charge in [0.15, 0.2) is 0 Å². The summed E-state index contributed by atoms with van der Waals surface area (Å²) in [5, 5.41) is 2.85. The van der Waals surface area contributed by atoms with Crippen LogP contribution >= 0.6 is 31.9 Å². The summed E-state index contributed by atoms with van der Waals surface area (Å²) in [5.74, 6) is 0. The van der Waals surface area contributed by atoms with Gasteiger partial charge in [0.05, 0.1) is 27.6 Å². The van der Waals surface area contributed by atoms with E-state index in [1.54, 1.807) is 0 Å². The molecule has 106 valence electrons. The average Bonchev–Trinajstić information content (AvgIpc) is 2.34. The standard InChI is InChI=1S/C12H8Br2F3N3/c13-8-2-1-6(3-7(8)12(15,16)17)20-11-9(14)4-19-5-10(11)18/h1-5H,18H2,(H,19,20). The molecule has 0 saturated carbocycles. The van der Waals surface area contributed by atoms with Crippen LogP contribution in [0.2, 0.25) is 0 Å². The Kier molecular flexibility index (Phi) is 4.24. The Morgan fingerprint density at radius 1 is 1.10 bits per heavy atom. The van der Waals surface area contributed by atoms with Crippen LogP contribution in [-0.4, -0.2) is 4.98 Å². The first-order valence-electron chi connectivity index (χ1n) is 5.32. The van der Waals surface area contributed by atoms with Crippen molar-refractivity contribution in [3.8, 4) is 0 Å². The van der Waals surface area contributed by atoms with Crippen molar-refractivity contribution in [3.05, 3.63) is 45.1 Å². The van der Waals surface area contributed by atoms with Gasteiger partial charge in [-0.25, -0.2) is 0 Å². The van der Waals surface area contributed by atoms with Gasteiger partial charge in [0.25, 0.3) is 0 Å². The number of hydrogen-bond donors (Lipinski definition) is 2. The SMILES string of the molecule is Nc1cncc(Br)c1Nc1ccc(Br)c(C(F)(F)F)c1. The van der Waals surface area contributed by atoms with Gasteiger partial charge in [-0.2, -0.15) is 13.2 Å². The second kappa shape index (κ2) is 5.61. The number of alkyl halides is 3. The Labute approximate surface area is 129 Å². The van der Waals surface area contributed by atoms with E-state index >= 15 is 0 Å². The number of nitrogens with one attached hydrogen (secondary N) is 1. The third-order valence-corrected chi connectivity index (χ3v) is 3.76. The number of rotatable bonds is 2. The van der Waals surface area contributed by atoms with E-state index < -0.39 is 11.7 Å². The number of pyridine rings is 1. The molecule has 2 aromatic rings. The lowest BCUT2D eigenvalue weighted by Crippen LogP contribution is -2.07. The minimum absolute atomic E-state index is 0.0164. The Morgan fingerprint density at radius 2 is 1.80 bits per heavy atom. The zero-order valence-corrected chi connectivity index (χ0v) is 13.0. The van der Waals surface area contributed by atoms with Crippen molar-refractivity contribution in [2.45, 2.75) is 6.18 Å². The lowest BCUT2D eigenvalue weighted by atomic mass is 10.2. The van der Waals surface area contributed by atoms with Crippen LogP contribution in [0.1, 0.15) is 5.56 Å². The lowest BCUT2D eigenvalue weighted by molar-refractivity contribution is -0.138. The van der Waals surface area contributed by atoms with E-state index in [4.69, 9.17) is 5.73 Å². The van der Waals surface area contributed by atoms with E-state index in [-0.39, 0.29) is 10.2 Å². The maximum absolute atomic E-state index is 12.8. The number of halogens is 5. The van der Waals surface area contributed by atoms with Crippen molar-refractivity contribution in [1.29, 1.82) is 0 Å². The molecular formula is C12H8Br2F3N3. The Balaban J connectivity index is 2.40. The number of benzene rings is 1. The zero-order chi connectivity index (χ0) is 14.9. The molecule has 0 fully saturated rings. The molecule has 20 heavy (non-hydrogen) atoms. The van der Waals surface area contributed by atoms with Gasteiger partial charge < -0.3 is 11.1 Å². The highest BCUT2D eigenvalue weighted by Gasteiger charge is 2.33. The molecule has 0 unspecified atom stereocenters. The highest BCUT2D eigenvalue weighted by Crippen LogP contribution is 2.38. The number of hydrogen-bond acceptors (Lipinski definition) is 3. The molecule has 0 aliphatic heterocycles. The summed E-state index contributed by atoms with van der Waals surface area (Å²) in [6, 6.07) is 3.86. The first-order valence-corrected chi connectivity index (χ1v) is 6.90. The Bertz CT molecular complexity index is 624. The Hall–Kier alpha value is -1.28. The summed E-state index contributed by atoms with van der Waals surface area (Å²) < 4.78 is 39.0. The molecule has 1 aromatic heterocycles. The fourth-order valence-corrected chi connectivity index (χ4v) is 2.46. The highest BCUT2D eigenvalue weighted by atomic mass is 79.9.